The molecule has 0 heterocycles. The van der Waals surface area contributed by atoms with Crippen LogP contribution in [0.2, 0.25) is 0 Å². The molecule has 0 unspecified atom stereocenters. The summed E-state index contributed by atoms with van der Waals surface area (Å²) in [4.78, 5) is 1.52. The summed E-state index contributed by atoms with van der Waals surface area (Å²) in [5.74, 6) is 0. The number of anilines is 1. The van der Waals surface area contributed by atoms with Gasteiger partial charge in [0.1, 0.15) is 0 Å². The van der Waals surface area contributed by atoms with Gasteiger partial charge in [-0.2, -0.15) is 0 Å². The van der Waals surface area contributed by atoms with Crippen molar-refractivity contribution in [1.82, 2.24) is 5.32 Å². The average molecular weight is 365 g/mol. The predicted octanol–water partition coefficient (Wildman–Crippen LogP) is 3.40. The first-order valence-corrected chi connectivity index (χ1v) is 7.69. The molecule has 120 valence electrons. The highest BCUT2D eigenvalue weighted by molar-refractivity contribution is 9.10. The molecule has 0 atom stereocenters. The van der Waals surface area contributed by atoms with E-state index in [4.69, 9.17) is 5.11 Å². The maximum atomic E-state index is 12.8. The molecule has 21 heavy (non-hydrogen) atoms. The molecule has 0 bridgehead atoms. The van der Waals surface area contributed by atoms with E-state index in [9.17, 15) is 8.78 Å². The SMILES string of the molecule is CC(C)(C)NCc1ccc(Br)cc1N(CCO)CC(F)F. The Morgan fingerprint density at radius 2 is 2.00 bits per heavy atom. The van der Waals surface area contributed by atoms with Crippen LogP contribution in [0.1, 0.15) is 26.3 Å². The van der Waals surface area contributed by atoms with Crippen molar-refractivity contribution in [2.45, 2.75) is 39.3 Å². The van der Waals surface area contributed by atoms with Crippen molar-refractivity contribution in [3.63, 3.8) is 0 Å². The fourth-order valence-electron chi connectivity index (χ4n) is 1.94. The minimum atomic E-state index is -2.45. The number of halogens is 3. The first-order valence-electron chi connectivity index (χ1n) is 6.90. The molecule has 0 aromatic heterocycles. The van der Waals surface area contributed by atoms with Crippen LogP contribution < -0.4 is 10.2 Å². The number of nitrogens with one attached hydrogen (secondary N) is 1. The molecule has 1 aromatic rings. The van der Waals surface area contributed by atoms with Crippen molar-refractivity contribution in [2.75, 3.05) is 24.6 Å². The fraction of sp³-hybridized carbons (Fsp3) is 0.600. The molecule has 1 rings (SSSR count). The van der Waals surface area contributed by atoms with Crippen LogP contribution in [-0.4, -0.2) is 36.8 Å². The van der Waals surface area contributed by atoms with E-state index in [-0.39, 0.29) is 25.2 Å². The highest BCUT2D eigenvalue weighted by Gasteiger charge is 2.17. The molecule has 0 aliphatic carbocycles. The molecule has 0 aliphatic rings. The summed E-state index contributed by atoms with van der Waals surface area (Å²) in [5, 5.41) is 12.5. The molecule has 0 saturated heterocycles. The zero-order valence-corrected chi connectivity index (χ0v) is 14.3. The van der Waals surface area contributed by atoms with Crippen molar-refractivity contribution in [3.05, 3.63) is 28.2 Å². The lowest BCUT2D eigenvalue weighted by Crippen LogP contribution is -2.37. The first kappa shape index (κ1) is 18.3. The van der Waals surface area contributed by atoms with Crippen molar-refractivity contribution >= 4 is 21.6 Å². The number of aliphatic hydroxyl groups excluding tert-OH is 1. The second-order valence-electron chi connectivity index (χ2n) is 5.94. The largest absolute Gasteiger partial charge is 0.395 e. The zero-order chi connectivity index (χ0) is 16.0. The van der Waals surface area contributed by atoms with Gasteiger partial charge < -0.3 is 15.3 Å². The highest BCUT2D eigenvalue weighted by Crippen LogP contribution is 2.26. The number of rotatable bonds is 7. The summed E-state index contributed by atoms with van der Waals surface area (Å²) >= 11 is 3.38. The van der Waals surface area contributed by atoms with Crippen LogP contribution in [0.15, 0.2) is 22.7 Å². The van der Waals surface area contributed by atoms with Crippen molar-refractivity contribution in [1.29, 1.82) is 0 Å². The molecule has 0 spiro atoms. The quantitative estimate of drug-likeness (QED) is 0.778. The molecule has 0 fully saturated rings. The minimum absolute atomic E-state index is 0.0606. The smallest absolute Gasteiger partial charge is 0.255 e. The van der Waals surface area contributed by atoms with Gasteiger partial charge in [-0.25, -0.2) is 8.78 Å². The van der Waals surface area contributed by atoms with Crippen LogP contribution in [0.25, 0.3) is 0 Å². The molecule has 0 saturated carbocycles. The van der Waals surface area contributed by atoms with E-state index in [1.54, 1.807) is 0 Å². The first-order chi connectivity index (χ1) is 9.73. The van der Waals surface area contributed by atoms with E-state index in [1.165, 1.54) is 4.90 Å². The van der Waals surface area contributed by atoms with Gasteiger partial charge in [-0.05, 0) is 38.5 Å². The summed E-state index contributed by atoms with van der Waals surface area (Å²) in [6.07, 6.45) is -2.45. The molecule has 6 heteroatoms. The van der Waals surface area contributed by atoms with Crippen molar-refractivity contribution < 1.29 is 13.9 Å². The predicted molar refractivity (Wildman–Crippen MR) is 86.0 cm³/mol. The number of aliphatic hydroxyl groups is 1. The van der Waals surface area contributed by atoms with Gasteiger partial charge in [-0.3, -0.25) is 0 Å². The number of nitrogens with zero attached hydrogens (tertiary/aromatic N) is 1. The van der Waals surface area contributed by atoms with E-state index in [0.29, 0.717) is 6.54 Å². The Morgan fingerprint density at radius 1 is 1.33 bits per heavy atom. The highest BCUT2D eigenvalue weighted by atomic mass is 79.9. The molecule has 2 N–H and O–H groups in total. The van der Waals surface area contributed by atoms with Crippen LogP contribution >= 0.6 is 15.9 Å². The molecule has 1 aromatic carbocycles. The second-order valence-corrected chi connectivity index (χ2v) is 6.85. The third-order valence-corrected chi connectivity index (χ3v) is 3.42. The third kappa shape index (κ3) is 6.72. The Bertz CT molecular complexity index is 450. The van der Waals surface area contributed by atoms with Gasteiger partial charge in [-0.1, -0.05) is 22.0 Å². The lowest BCUT2D eigenvalue weighted by molar-refractivity contribution is 0.152. The summed E-state index contributed by atoms with van der Waals surface area (Å²) in [6, 6.07) is 5.62. The van der Waals surface area contributed by atoms with Crippen LogP contribution in [0, 0.1) is 0 Å². The van der Waals surface area contributed by atoms with Gasteiger partial charge in [0, 0.05) is 28.8 Å². The van der Waals surface area contributed by atoms with Crippen LogP contribution in [0.3, 0.4) is 0 Å². The monoisotopic (exact) mass is 364 g/mol. The second kappa shape index (κ2) is 8.06. The Kier molecular flexibility index (Phi) is 7.03. The van der Waals surface area contributed by atoms with Gasteiger partial charge in [0.15, 0.2) is 0 Å². The molecule has 0 amide bonds. The average Bonchev–Trinajstić information content (AvgIpc) is 2.35. The lowest BCUT2D eigenvalue weighted by atomic mass is 10.1. The summed E-state index contributed by atoms with van der Waals surface area (Å²) in [6.45, 7) is 6.37. The van der Waals surface area contributed by atoms with E-state index in [2.05, 4.69) is 42.0 Å². The summed E-state index contributed by atoms with van der Waals surface area (Å²) < 4.78 is 26.3. The summed E-state index contributed by atoms with van der Waals surface area (Å²) in [7, 11) is 0. The maximum absolute atomic E-state index is 12.8. The normalized spacial score (nSPS) is 12.0. The fourth-order valence-corrected chi connectivity index (χ4v) is 2.29. The molecular weight excluding hydrogens is 342 g/mol. The Morgan fingerprint density at radius 3 is 2.52 bits per heavy atom. The Hall–Kier alpha value is -0.720. The number of hydrogen-bond acceptors (Lipinski definition) is 3. The van der Waals surface area contributed by atoms with E-state index >= 15 is 0 Å². The van der Waals surface area contributed by atoms with Crippen molar-refractivity contribution in [3.8, 4) is 0 Å². The maximum Gasteiger partial charge on any atom is 0.255 e. The molecular formula is C15H23BrF2N2O. The van der Waals surface area contributed by atoms with Gasteiger partial charge in [-0.15, -0.1) is 0 Å². The van der Waals surface area contributed by atoms with Gasteiger partial charge in [0.2, 0.25) is 0 Å². The molecule has 3 nitrogen and oxygen atoms in total. The molecule has 0 aliphatic heterocycles. The standard InChI is InChI=1S/C15H23BrF2N2O/c1-15(2,3)19-9-11-4-5-12(16)8-13(11)20(6-7-21)10-14(17)18/h4-5,8,14,19,21H,6-7,9-10H2,1-3H3. The van der Waals surface area contributed by atoms with E-state index in [0.717, 1.165) is 15.7 Å². The number of hydrogen-bond donors (Lipinski definition) is 2. The van der Waals surface area contributed by atoms with E-state index < -0.39 is 6.43 Å². The van der Waals surface area contributed by atoms with Crippen molar-refractivity contribution in [2.24, 2.45) is 0 Å². The van der Waals surface area contributed by atoms with Crippen LogP contribution in [0.5, 0.6) is 0 Å². The zero-order valence-electron chi connectivity index (χ0n) is 12.7. The van der Waals surface area contributed by atoms with Crippen LogP contribution in [0.4, 0.5) is 14.5 Å². The minimum Gasteiger partial charge on any atom is -0.395 e. The third-order valence-electron chi connectivity index (χ3n) is 2.93. The Balaban J connectivity index is 3.02. The van der Waals surface area contributed by atoms with E-state index in [1.807, 2.05) is 18.2 Å². The lowest BCUT2D eigenvalue weighted by Gasteiger charge is -2.28. The van der Waals surface area contributed by atoms with Gasteiger partial charge in [0.25, 0.3) is 6.43 Å². The number of benzene rings is 1. The van der Waals surface area contributed by atoms with Crippen LogP contribution in [-0.2, 0) is 6.54 Å². The van der Waals surface area contributed by atoms with Gasteiger partial charge >= 0.3 is 0 Å². The number of alkyl halides is 2. The summed E-state index contributed by atoms with van der Waals surface area (Å²) in [5.41, 5.74) is 1.59. The van der Waals surface area contributed by atoms with Gasteiger partial charge in [0.05, 0.1) is 13.2 Å². The topological polar surface area (TPSA) is 35.5 Å². The molecule has 0 radical (unpaired) electrons. The Labute approximate surface area is 133 Å².